The quantitative estimate of drug-likeness (QED) is 0.114. The van der Waals surface area contributed by atoms with Crippen LogP contribution in [-0.2, 0) is 23.8 Å². The van der Waals surface area contributed by atoms with Crippen LogP contribution in [0.25, 0.3) is 0 Å². The largest absolute Gasteiger partial charge is 0.388 e. The number of carbonyl (C=O) groups excluding carboxylic acids is 2. The predicted octanol–water partition coefficient (Wildman–Crippen LogP) is -1.99. The highest BCUT2D eigenvalue weighted by atomic mass is 16.8. The SMILES string of the molecule is CCCCNC(=O)CCC1OC(OC2OC(CCC(=O)NCCCC)C(O)C(O)C2O)C(O)C(O)C1O. The van der Waals surface area contributed by atoms with Gasteiger partial charge in [-0.2, -0.15) is 0 Å². The number of unbranched alkanes of at least 4 members (excludes halogenated alkanes) is 2. The van der Waals surface area contributed by atoms with Crippen molar-refractivity contribution in [1.82, 2.24) is 10.6 Å². The first-order valence-corrected chi connectivity index (χ1v) is 13.2. The highest BCUT2D eigenvalue weighted by Gasteiger charge is 2.49. The van der Waals surface area contributed by atoms with Crippen LogP contribution in [0.4, 0.5) is 0 Å². The smallest absolute Gasteiger partial charge is 0.220 e. The van der Waals surface area contributed by atoms with Gasteiger partial charge in [-0.15, -0.1) is 0 Å². The Morgan fingerprint density at radius 1 is 0.649 bits per heavy atom. The Hall–Kier alpha value is -1.42. The van der Waals surface area contributed by atoms with Gasteiger partial charge in [-0.1, -0.05) is 26.7 Å². The summed E-state index contributed by atoms with van der Waals surface area (Å²) in [6.07, 6.45) is -11.6. The molecular weight excluding hydrogens is 492 g/mol. The molecule has 10 unspecified atom stereocenters. The summed E-state index contributed by atoms with van der Waals surface area (Å²) in [4.78, 5) is 24.0. The minimum Gasteiger partial charge on any atom is -0.388 e. The normalized spacial score (nSPS) is 36.2. The van der Waals surface area contributed by atoms with Crippen molar-refractivity contribution in [2.24, 2.45) is 0 Å². The van der Waals surface area contributed by atoms with Crippen LogP contribution in [0, 0.1) is 0 Å². The molecule has 13 heteroatoms. The molecule has 37 heavy (non-hydrogen) atoms. The molecule has 13 nitrogen and oxygen atoms in total. The third-order valence-electron chi connectivity index (χ3n) is 6.62. The molecule has 2 amide bonds. The summed E-state index contributed by atoms with van der Waals surface area (Å²) >= 11 is 0. The minimum absolute atomic E-state index is 0.00314. The van der Waals surface area contributed by atoms with Crippen molar-refractivity contribution in [3.63, 3.8) is 0 Å². The lowest BCUT2D eigenvalue weighted by Crippen LogP contribution is -2.63. The van der Waals surface area contributed by atoms with Crippen LogP contribution in [0.15, 0.2) is 0 Å². The number of carbonyl (C=O) groups is 2. The lowest BCUT2D eigenvalue weighted by Gasteiger charge is -2.45. The van der Waals surface area contributed by atoms with Crippen molar-refractivity contribution < 1.29 is 54.4 Å². The second-order valence-corrected chi connectivity index (χ2v) is 9.65. The lowest BCUT2D eigenvalue weighted by atomic mass is 9.94. The number of aliphatic hydroxyl groups excluding tert-OH is 6. The molecule has 2 saturated heterocycles. The van der Waals surface area contributed by atoms with Gasteiger partial charge in [0, 0.05) is 25.9 Å². The minimum atomic E-state index is -1.73. The van der Waals surface area contributed by atoms with Crippen LogP contribution in [-0.4, -0.2) is 117 Å². The highest BCUT2D eigenvalue weighted by molar-refractivity contribution is 5.76. The number of rotatable bonds is 14. The van der Waals surface area contributed by atoms with E-state index in [1.54, 1.807) is 0 Å². The Morgan fingerprint density at radius 2 is 1.03 bits per heavy atom. The number of hydrogen-bond donors (Lipinski definition) is 8. The molecule has 0 aromatic carbocycles. The monoisotopic (exact) mass is 536 g/mol. The number of hydrogen-bond acceptors (Lipinski definition) is 11. The Morgan fingerprint density at radius 3 is 1.38 bits per heavy atom. The van der Waals surface area contributed by atoms with Gasteiger partial charge >= 0.3 is 0 Å². The van der Waals surface area contributed by atoms with Gasteiger partial charge in [0.25, 0.3) is 0 Å². The second kappa shape index (κ2) is 15.9. The first-order valence-electron chi connectivity index (χ1n) is 13.2. The van der Waals surface area contributed by atoms with E-state index in [9.17, 15) is 40.2 Å². The Labute approximate surface area is 217 Å². The van der Waals surface area contributed by atoms with Crippen LogP contribution in [0.2, 0.25) is 0 Å². The van der Waals surface area contributed by atoms with Crippen molar-refractivity contribution in [2.45, 2.75) is 127 Å². The molecule has 10 atom stereocenters. The zero-order chi connectivity index (χ0) is 27.5. The van der Waals surface area contributed by atoms with Crippen LogP contribution in [0.5, 0.6) is 0 Å². The standard InChI is InChI=1S/C24H44N2O11/c1-3-5-11-25-15(27)9-7-13-17(29)19(31)21(33)23(35-13)37-24-22(34)20(32)18(30)14(36-24)8-10-16(28)26-12-6-4-2/h13-14,17-24,29-34H,3-12H2,1-2H3,(H,25,27)(H,26,28). The van der Waals surface area contributed by atoms with Crippen molar-refractivity contribution in [2.75, 3.05) is 13.1 Å². The number of ether oxygens (including phenoxy) is 3. The Bertz CT molecular complexity index is 644. The van der Waals surface area contributed by atoms with Crippen LogP contribution < -0.4 is 10.6 Å². The molecule has 0 aliphatic carbocycles. The maximum absolute atomic E-state index is 12.0. The number of nitrogens with one attached hydrogen (secondary N) is 2. The summed E-state index contributed by atoms with van der Waals surface area (Å²) in [5.74, 6) is -0.515. The molecule has 0 bridgehead atoms. The summed E-state index contributed by atoms with van der Waals surface area (Å²) < 4.78 is 16.7. The summed E-state index contributed by atoms with van der Waals surface area (Å²) in [5.41, 5.74) is 0. The zero-order valence-corrected chi connectivity index (χ0v) is 21.6. The Balaban J connectivity index is 1.96. The van der Waals surface area contributed by atoms with Crippen LogP contribution >= 0.6 is 0 Å². The molecule has 2 aliphatic heterocycles. The maximum Gasteiger partial charge on any atom is 0.220 e. The predicted molar refractivity (Wildman–Crippen MR) is 129 cm³/mol. The van der Waals surface area contributed by atoms with Crippen molar-refractivity contribution in [3.05, 3.63) is 0 Å². The van der Waals surface area contributed by atoms with E-state index in [2.05, 4.69) is 10.6 Å². The zero-order valence-electron chi connectivity index (χ0n) is 21.6. The van der Waals surface area contributed by atoms with Gasteiger partial charge in [0.05, 0.1) is 12.2 Å². The maximum atomic E-state index is 12.0. The average molecular weight is 537 g/mol. The van der Waals surface area contributed by atoms with E-state index in [0.717, 1.165) is 25.7 Å². The van der Waals surface area contributed by atoms with E-state index in [0.29, 0.717) is 13.1 Å². The molecule has 8 N–H and O–H groups in total. The number of aliphatic hydroxyl groups is 6. The molecule has 216 valence electrons. The first kappa shape index (κ1) is 31.8. The molecule has 2 aliphatic rings. The van der Waals surface area contributed by atoms with E-state index in [4.69, 9.17) is 14.2 Å². The van der Waals surface area contributed by atoms with E-state index in [1.807, 2.05) is 13.8 Å². The van der Waals surface area contributed by atoms with Crippen LogP contribution in [0.3, 0.4) is 0 Å². The topological polar surface area (TPSA) is 207 Å². The average Bonchev–Trinajstić information content (AvgIpc) is 2.88. The van der Waals surface area contributed by atoms with E-state index < -0.39 is 61.4 Å². The summed E-state index contributed by atoms with van der Waals surface area (Å²) in [7, 11) is 0. The summed E-state index contributed by atoms with van der Waals surface area (Å²) in [5, 5.41) is 67.5. The van der Waals surface area contributed by atoms with E-state index >= 15 is 0 Å². The van der Waals surface area contributed by atoms with Crippen molar-refractivity contribution in [1.29, 1.82) is 0 Å². The lowest BCUT2D eigenvalue weighted by molar-refractivity contribution is -0.374. The second-order valence-electron chi connectivity index (χ2n) is 9.65. The van der Waals surface area contributed by atoms with E-state index in [1.165, 1.54) is 0 Å². The molecule has 0 spiro atoms. The summed E-state index contributed by atoms with van der Waals surface area (Å²) in [6, 6.07) is 0. The molecule has 0 aromatic heterocycles. The molecule has 2 heterocycles. The highest BCUT2D eigenvalue weighted by Crippen LogP contribution is 2.30. The fraction of sp³-hybridized carbons (Fsp3) is 0.917. The third-order valence-corrected chi connectivity index (χ3v) is 6.62. The van der Waals surface area contributed by atoms with Gasteiger partial charge < -0.3 is 55.5 Å². The first-order chi connectivity index (χ1) is 17.6. The van der Waals surface area contributed by atoms with Gasteiger partial charge in [0.1, 0.15) is 36.6 Å². The van der Waals surface area contributed by atoms with Gasteiger partial charge in [-0.25, -0.2) is 0 Å². The molecular formula is C24H44N2O11. The van der Waals surface area contributed by atoms with Crippen LogP contribution in [0.1, 0.15) is 65.2 Å². The van der Waals surface area contributed by atoms with Gasteiger partial charge in [0.2, 0.25) is 11.8 Å². The Kier molecular flexibility index (Phi) is 13.6. The molecule has 2 fully saturated rings. The molecule has 0 radical (unpaired) electrons. The van der Waals surface area contributed by atoms with Crippen molar-refractivity contribution >= 4 is 11.8 Å². The molecule has 0 aromatic rings. The van der Waals surface area contributed by atoms with E-state index in [-0.39, 0.29) is 37.5 Å². The molecule has 0 saturated carbocycles. The fourth-order valence-corrected chi connectivity index (χ4v) is 4.20. The van der Waals surface area contributed by atoms with Gasteiger partial charge in [0.15, 0.2) is 12.6 Å². The van der Waals surface area contributed by atoms with Crippen molar-refractivity contribution in [3.8, 4) is 0 Å². The summed E-state index contributed by atoms with van der Waals surface area (Å²) in [6.45, 7) is 5.02. The van der Waals surface area contributed by atoms with Gasteiger partial charge in [-0.05, 0) is 25.7 Å². The molecule has 2 rings (SSSR count). The third kappa shape index (κ3) is 9.37. The van der Waals surface area contributed by atoms with Gasteiger partial charge in [-0.3, -0.25) is 9.59 Å². The fourth-order valence-electron chi connectivity index (χ4n) is 4.20. The number of amides is 2.